The summed E-state index contributed by atoms with van der Waals surface area (Å²) in [6, 6.07) is 6.84. The van der Waals surface area contributed by atoms with Gasteiger partial charge in [0.15, 0.2) is 0 Å². The van der Waals surface area contributed by atoms with Crippen LogP contribution in [0.25, 0.3) is 0 Å². The molecule has 0 radical (unpaired) electrons. The molecule has 0 saturated carbocycles. The van der Waals surface area contributed by atoms with Crippen molar-refractivity contribution in [2.24, 2.45) is 11.5 Å². The van der Waals surface area contributed by atoms with Crippen molar-refractivity contribution in [3.05, 3.63) is 47.2 Å². The number of rotatable bonds is 6. The largest absolute Gasteiger partial charge is 0.477 e. The number of nitrogens with one attached hydrogen (secondary N) is 1. The van der Waals surface area contributed by atoms with Gasteiger partial charge in [-0.1, -0.05) is 30.3 Å². The van der Waals surface area contributed by atoms with Gasteiger partial charge in [0, 0.05) is 11.3 Å². The number of nitrogens with two attached hydrogens (primary N) is 2. The third kappa shape index (κ3) is 3.66. The lowest BCUT2D eigenvalue weighted by atomic mass is 10.0. The van der Waals surface area contributed by atoms with E-state index < -0.39 is 41.3 Å². The summed E-state index contributed by atoms with van der Waals surface area (Å²) < 4.78 is 4.66. The van der Waals surface area contributed by atoms with Crippen LogP contribution in [0.15, 0.2) is 41.6 Å². The van der Waals surface area contributed by atoms with Crippen LogP contribution in [0, 0.1) is 0 Å². The molecule has 3 atom stereocenters. The summed E-state index contributed by atoms with van der Waals surface area (Å²) in [6.07, 6.45) is -1.04. The third-order valence-corrected chi connectivity index (χ3v) is 5.72. The third-order valence-electron chi connectivity index (χ3n) is 4.38. The molecule has 11 heteroatoms. The monoisotopic (exact) mass is 406 g/mol. The summed E-state index contributed by atoms with van der Waals surface area (Å²) in [6.45, 7) is -0.323. The Morgan fingerprint density at radius 2 is 2.00 bits per heavy atom. The second-order valence-corrected chi connectivity index (χ2v) is 7.25. The Kier molecular flexibility index (Phi) is 5.56. The Morgan fingerprint density at radius 1 is 1.32 bits per heavy atom. The maximum Gasteiger partial charge on any atom is 0.404 e. The molecular formula is C17H18N4O6S. The molecular weight excluding hydrogens is 388 g/mol. The number of amides is 3. The first kappa shape index (κ1) is 19.7. The topological polar surface area (TPSA) is 165 Å². The number of thioether (sulfide) groups is 1. The molecule has 3 rings (SSSR count). The Balaban J connectivity index is 1.72. The zero-order chi connectivity index (χ0) is 20.4. The van der Waals surface area contributed by atoms with Gasteiger partial charge in [0.2, 0.25) is 5.91 Å². The number of benzene rings is 1. The molecule has 1 unspecified atom stereocenters. The second-order valence-electron chi connectivity index (χ2n) is 6.15. The Morgan fingerprint density at radius 3 is 2.61 bits per heavy atom. The maximum absolute atomic E-state index is 12.5. The lowest BCUT2D eigenvalue weighted by molar-refractivity contribution is -0.151. The van der Waals surface area contributed by atoms with Gasteiger partial charge in [0.25, 0.3) is 5.91 Å². The van der Waals surface area contributed by atoms with Crippen molar-refractivity contribution in [3.8, 4) is 0 Å². The average molecular weight is 406 g/mol. The highest BCUT2D eigenvalue weighted by Gasteiger charge is 2.54. The Bertz CT molecular complexity index is 858. The van der Waals surface area contributed by atoms with E-state index in [1.807, 2.05) is 0 Å². The van der Waals surface area contributed by atoms with Gasteiger partial charge in [-0.3, -0.25) is 14.5 Å². The molecule has 28 heavy (non-hydrogen) atoms. The Labute approximate surface area is 163 Å². The number of β-lactam (4-membered cyclic amide) rings is 1. The number of carbonyl (C=O) groups excluding carboxylic acids is 3. The molecule has 2 heterocycles. The normalized spacial score (nSPS) is 22.0. The van der Waals surface area contributed by atoms with Crippen molar-refractivity contribution in [3.63, 3.8) is 0 Å². The van der Waals surface area contributed by atoms with E-state index in [1.165, 1.54) is 11.8 Å². The van der Waals surface area contributed by atoms with Crippen molar-refractivity contribution in [2.45, 2.75) is 17.5 Å². The molecule has 0 bridgehead atoms. The number of primary amides is 1. The molecule has 1 saturated heterocycles. The summed E-state index contributed by atoms with van der Waals surface area (Å²) in [4.78, 5) is 48.4. The predicted molar refractivity (Wildman–Crippen MR) is 98.6 cm³/mol. The van der Waals surface area contributed by atoms with Gasteiger partial charge >= 0.3 is 12.1 Å². The van der Waals surface area contributed by atoms with E-state index in [4.69, 9.17) is 11.5 Å². The number of fused-ring (bicyclic) bond motifs is 1. The van der Waals surface area contributed by atoms with Crippen LogP contribution in [0.5, 0.6) is 0 Å². The molecule has 2 aliphatic heterocycles. The number of hydrogen-bond acceptors (Lipinski definition) is 7. The van der Waals surface area contributed by atoms with E-state index in [0.29, 0.717) is 5.56 Å². The minimum absolute atomic E-state index is 0.209. The van der Waals surface area contributed by atoms with Gasteiger partial charge in [-0.05, 0) is 5.56 Å². The highest BCUT2D eigenvalue weighted by molar-refractivity contribution is 8.00. The standard InChI is InChI=1S/C17H18N4O6S/c18-10(8-4-2-1-3-5-8)13(22)20-11-14(23)21-12(16(24)25)9(6-27-17(19)26)7-28-15(11)21/h1-5,10-11,15H,6-7,18H2,(H2,19,26)(H,20,22)(H,24,25)/t10?,11-,15+/m1/s1. The van der Waals surface area contributed by atoms with Crippen molar-refractivity contribution < 1.29 is 29.0 Å². The molecule has 2 aliphatic rings. The molecule has 6 N–H and O–H groups in total. The first-order valence-electron chi connectivity index (χ1n) is 8.24. The molecule has 3 amide bonds. The number of ether oxygens (including phenoxy) is 1. The molecule has 0 aliphatic carbocycles. The number of aliphatic carboxylic acids is 1. The minimum atomic E-state index is -1.33. The van der Waals surface area contributed by atoms with Crippen LogP contribution in [0.1, 0.15) is 11.6 Å². The number of carbonyl (C=O) groups is 4. The summed E-state index contributed by atoms with van der Waals surface area (Å²) in [5.74, 6) is -2.22. The Hall–Kier alpha value is -3.05. The zero-order valence-electron chi connectivity index (χ0n) is 14.5. The fourth-order valence-electron chi connectivity index (χ4n) is 3.01. The summed E-state index contributed by atoms with van der Waals surface area (Å²) in [5, 5.41) is 11.5. The van der Waals surface area contributed by atoms with E-state index in [9.17, 15) is 24.3 Å². The molecule has 1 aromatic carbocycles. The second kappa shape index (κ2) is 7.90. The average Bonchev–Trinajstić information content (AvgIpc) is 2.69. The van der Waals surface area contributed by atoms with E-state index in [-0.39, 0.29) is 23.6 Å². The van der Waals surface area contributed by atoms with Crippen molar-refractivity contribution in [1.29, 1.82) is 0 Å². The van der Waals surface area contributed by atoms with Crippen LogP contribution in [0.4, 0.5) is 4.79 Å². The number of nitrogens with zero attached hydrogens (tertiary/aromatic N) is 1. The van der Waals surface area contributed by atoms with Crippen LogP contribution in [-0.2, 0) is 19.1 Å². The first-order valence-corrected chi connectivity index (χ1v) is 9.29. The van der Waals surface area contributed by atoms with E-state index in [2.05, 4.69) is 10.1 Å². The fraction of sp³-hybridized carbons (Fsp3) is 0.294. The van der Waals surface area contributed by atoms with E-state index in [0.717, 1.165) is 4.90 Å². The molecule has 10 nitrogen and oxygen atoms in total. The minimum Gasteiger partial charge on any atom is -0.477 e. The van der Waals surface area contributed by atoms with Crippen molar-refractivity contribution >= 4 is 35.6 Å². The summed E-state index contributed by atoms with van der Waals surface area (Å²) >= 11 is 1.25. The van der Waals surface area contributed by atoms with Crippen molar-refractivity contribution in [2.75, 3.05) is 12.4 Å². The van der Waals surface area contributed by atoms with Gasteiger partial charge in [0.1, 0.15) is 29.8 Å². The predicted octanol–water partition coefficient (Wildman–Crippen LogP) is -0.480. The fourth-order valence-corrected chi connectivity index (χ4v) is 4.33. The molecule has 0 spiro atoms. The lowest BCUT2D eigenvalue weighted by Gasteiger charge is -2.49. The highest BCUT2D eigenvalue weighted by Crippen LogP contribution is 2.40. The highest BCUT2D eigenvalue weighted by atomic mass is 32.2. The molecule has 148 valence electrons. The van der Waals surface area contributed by atoms with Crippen molar-refractivity contribution in [1.82, 2.24) is 10.2 Å². The smallest absolute Gasteiger partial charge is 0.404 e. The van der Waals surface area contributed by atoms with Gasteiger partial charge in [0.05, 0.1) is 0 Å². The van der Waals surface area contributed by atoms with Crippen LogP contribution in [0.3, 0.4) is 0 Å². The lowest BCUT2D eigenvalue weighted by Crippen LogP contribution is -2.71. The zero-order valence-corrected chi connectivity index (χ0v) is 15.3. The van der Waals surface area contributed by atoms with Crippen LogP contribution >= 0.6 is 11.8 Å². The maximum atomic E-state index is 12.5. The van der Waals surface area contributed by atoms with Crippen LogP contribution in [0.2, 0.25) is 0 Å². The summed E-state index contributed by atoms with van der Waals surface area (Å²) in [7, 11) is 0. The van der Waals surface area contributed by atoms with E-state index in [1.54, 1.807) is 30.3 Å². The molecule has 1 fully saturated rings. The molecule has 0 aromatic heterocycles. The SMILES string of the molecule is NC(=O)OCC1=C(C(=O)O)N2C(=O)[C@@H](NC(=O)C(N)c3ccccc3)[C@@H]2SC1. The van der Waals surface area contributed by atoms with Gasteiger partial charge in [-0.25, -0.2) is 9.59 Å². The van der Waals surface area contributed by atoms with Crippen LogP contribution < -0.4 is 16.8 Å². The summed E-state index contributed by atoms with van der Waals surface area (Å²) in [5.41, 5.74) is 11.4. The van der Waals surface area contributed by atoms with Gasteiger partial charge < -0.3 is 26.6 Å². The quantitative estimate of drug-likeness (QED) is 0.460. The molecule has 1 aromatic rings. The van der Waals surface area contributed by atoms with E-state index >= 15 is 0 Å². The van der Waals surface area contributed by atoms with Gasteiger partial charge in [-0.2, -0.15) is 0 Å². The number of carboxylic acids is 1. The van der Waals surface area contributed by atoms with Gasteiger partial charge in [-0.15, -0.1) is 11.8 Å². The number of carboxylic acid groups (broad SMARTS) is 1. The number of hydrogen-bond donors (Lipinski definition) is 4. The first-order chi connectivity index (χ1) is 13.3. The van der Waals surface area contributed by atoms with Crippen LogP contribution in [-0.4, -0.2) is 57.7 Å².